The molecule has 2 rings (SSSR count). The molecular weight excluding hydrogens is 226 g/mol. The monoisotopic (exact) mass is 243 g/mol. The number of nitrogen functional groups attached to an aromatic ring is 1. The second kappa shape index (κ2) is 5.40. The van der Waals surface area contributed by atoms with Gasteiger partial charge in [-0.3, -0.25) is 0 Å². The van der Waals surface area contributed by atoms with E-state index in [1.807, 2.05) is 38.1 Å². The number of nitrogens with zero attached hydrogens (tertiary/aromatic N) is 1. The average Bonchev–Trinajstić information content (AvgIpc) is 2.34. The highest BCUT2D eigenvalue weighted by Crippen LogP contribution is 2.29. The number of ether oxygens (including phenoxy) is 1. The van der Waals surface area contributed by atoms with Crippen LogP contribution in [0.1, 0.15) is 13.8 Å². The molecule has 0 spiro atoms. The number of aromatic nitrogens is 1. The van der Waals surface area contributed by atoms with Crippen LogP contribution in [-0.2, 0) is 0 Å². The van der Waals surface area contributed by atoms with Crippen LogP contribution in [0.25, 0.3) is 0 Å². The van der Waals surface area contributed by atoms with Gasteiger partial charge in [0.1, 0.15) is 5.75 Å². The molecule has 0 unspecified atom stereocenters. The molecule has 1 aromatic heterocycles. The molecule has 0 aliphatic carbocycles. The van der Waals surface area contributed by atoms with Crippen molar-refractivity contribution in [1.82, 2.24) is 4.98 Å². The second-order valence-corrected chi connectivity index (χ2v) is 4.23. The summed E-state index contributed by atoms with van der Waals surface area (Å²) in [4.78, 5) is 4.20. The fourth-order valence-electron chi connectivity index (χ4n) is 1.58. The van der Waals surface area contributed by atoms with Gasteiger partial charge in [0.2, 0.25) is 0 Å². The summed E-state index contributed by atoms with van der Waals surface area (Å²) < 4.78 is 5.73. The molecule has 2 aromatic rings. The van der Waals surface area contributed by atoms with Crippen LogP contribution in [0.5, 0.6) is 5.75 Å². The van der Waals surface area contributed by atoms with Crippen LogP contribution in [0.3, 0.4) is 0 Å². The second-order valence-electron chi connectivity index (χ2n) is 4.23. The molecule has 18 heavy (non-hydrogen) atoms. The maximum absolute atomic E-state index is 5.85. The van der Waals surface area contributed by atoms with Crippen molar-refractivity contribution in [2.75, 3.05) is 11.1 Å². The van der Waals surface area contributed by atoms with E-state index in [0.717, 1.165) is 11.4 Å². The van der Waals surface area contributed by atoms with Crippen molar-refractivity contribution in [2.24, 2.45) is 0 Å². The zero-order valence-electron chi connectivity index (χ0n) is 10.6. The molecular formula is C14H17N3O. The van der Waals surface area contributed by atoms with Crippen LogP contribution < -0.4 is 15.8 Å². The predicted molar refractivity (Wildman–Crippen MR) is 74.1 cm³/mol. The van der Waals surface area contributed by atoms with Gasteiger partial charge in [0.05, 0.1) is 17.5 Å². The highest BCUT2D eigenvalue weighted by atomic mass is 16.5. The van der Waals surface area contributed by atoms with Crippen LogP contribution in [0.4, 0.5) is 17.2 Å². The van der Waals surface area contributed by atoms with Gasteiger partial charge in [0, 0.05) is 6.20 Å². The SMILES string of the molecule is CC(C)Oc1ccccc1Nc1ncccc1N. The molecule has 0 fully saturated rings. The maximum Gasteiger partial charge on any atom is 0.153 e. The van der Waals surface area contributed by atoms with Crippen LogP contribution >= 0.6 is 0 Å². The van der Waals surface area contributed by atoms with Crippen LogP contribution in [0, 0.1) is 0 Å². The third-order valence-corrected chi connectivity index (χ3v) is 2.34. The Bertz CT molecular complexity index is 526. The van der Waals surface area contributed by atoms with Gasteiger partial charge in [-0.25, -0.2) is 4.98 Å². The smallest absolute Gasteiger partial charge is 0.153 e. The van der Waals surface area contributed by atoms with Gasteiger partial charge in [-0.05, 0) is 38.1 Å². The topological polar surface area (TPSA) is 60.2 Å². The lowest BCUT2D eigenvalue weighted by Crippen LogP contribution is -2.08. The Morgan fingerprint density at radius 2 is 1.94 bits per heavy atom. The molecule has 0 aliphatic heterocycles. The van der Waals surface area contributed by atoms with Crippen LogP contribution in [-0.4, -0.2) is 11.1 Å². The summed E-state index contributed by atoms with van der Waals surface area (Å²) >= 11 is 0. The van der Waals surface area contributed by atoms with Gasteiger partial charge in [0.15, 0.2) is 5.82 Å². The molecule has 4 nitrogen and oxygen atoms in total. The highest BCUT2D eigenvalue weighted by Gasteiger charge is 2.07. The number of anilines is 3. The lowest BCUT2D eigenvalue weighted by molar-refractivity contribution is 0.244. The first-order chi connectivity index (χ1) is 8.66. The summed E-state index contributed by atoms with van der Waals surface area (Å²) in [7, 11) is 0. The summed E-state index contributed by atoms with van der Waals surface area (Å²) in [5.41, 5.74) is 7.32. The summed E-state index contributed by atoms with van der Waals surface area (Å²) in [5, 5.41) is 3.19. The van der Waals surface area contributed by atoms with Gasteiger partial charge in [0.25, 0.3) is 0 Å². The first-order valence-corrected chi connectivity index (χ1v) is 5.90. The number of hydrogen-bond donors (Lipinski definition) is 2. The molecule has 1 heterocycles. The minimum Gasteiger partial charge on any atom is -0.489 e. The van der Waals surface area contributed by atoms with Crippen molar-refractivity contribution in [3.63, 3.8) is 0 Å². The molecule has 0 bridgehead atoms. The quantitative estimate of drug-likeness (QED) is 0.865. The molecule has 3 N–H and O–H groups in total. The van der Waals surface area contributed by atoms with E-state index in [4.69, 9.17) is 10.5 Å². The van der Waals surface area contributed by atoms with Crippen molar-refractivity contribution in [3.05, 3.63) is 42.6 Å². The van der Waals surface area contributed by atoms with Crippen molar-refractivity contribution < 1.29 is 4.74 Å². The third-order valence-electron chi connectivity index (χ3n) is 2.34. The van der Waals surface area contributed by atoms with Gasteiger partial charge in [-0.15, -0.1) is 0 Å². The minimum atomic E-state index is 0.119. The van der Waals surface area contributed by atoms with Crippen molar-refractivity contribution in [1.29, 1.82) is 0 Å². The summed E-state index contributed by atoms with van der Waals surface area (Å²) in [6, 6.07) is 11.3. The van der Waals surface area contributed by atoms with Crippen molar-refractivity contribution >= 4 is 17.2 Å². The molecule has 94 valence electrons. The Balaban J connectivity index is 2.26. The van der Waals surface area contributed by atoms with E-state index in [1.165, 1.54) is 0 Å². The Morgan fingerprint density at radius 3 is 2.67 bits per heavy atom. The summed E-state index contributed by atoms with van der Waals surface area (Å²) in [6.07, 6.45) is 1.82. The normalized spacial score (nSPS) is 10.4. The standard InChI is InChI=1S/C14H17N3O/c1-10(2)18-13-8-4-3-7-12(13)17-14-11(15)6-5-9-16-14/h3-10H,15H2,1-2H3,(H,16,17). The van der Waals surface area contributed by atoms with E-state index in [0.29, 0.717) is 11.5 Å². The lowest BCUT2D eigenvalue weighted by atomic mass is 10.2. The summed E-state index contributed by atoms with van der Waals surface area (Å²) in [5.74, 6) is 1.43. The maximum atomic E-state index is 5.85. The molecule has 0 atom stereocenters. The fraction of sp³-hybridized carbons (Fsp3) is 0.214. The molecule has 0 saturated carbocycles. The number of nitrogens with two attached hydrogens (primary N) is 1. The number of benzene rings is 1. The largest absolute Gasteiger partial charge is 0.489 e. The first-order valence-electron chi connectivity index (χ1n) is 5.90. The van der Waals surface area contributed by atoms with Crippen molar-refractivity contribution in [3.8, 4) is 5.75 Å². The number of nitrogens with one attached hydrogen (secondary N) is 1. The van der Waals surface area contributed by atoms with Gasteiger partial charge in [-0.1, -0.05) is 12.1 Å². The average molecular weight is 243 g/mol. The van der Waals surface area contributed by atoms with E-state index >= 15 is 0 Å². The lowest BCUT2D eigenvalue weighted by Gasteiger charge is -2.15. The fourth-order valence-corrected chi connectivity index (χ4v) is 1.58. The molecule has 0 saturated heterocycles. The van der Waals surface area contributed by atoms with Crippen molar-refractivity contribution in [2.45, 2.75) is 20.0 Å². The number of rotatable bonds is 4. The first kappa shape index (κ1) is 12.2. The Kier molecular flexibility index (Phi) is 3.67. The predicted octanol–water partition coefficient (Wildman–Crippen LogP) is 3.19. The van der Waals surface area contributed by atoms with E-state index in [2.05, 4.69) is 10.3 Å². The Morgan fingerprint density at radius 1 is 1.17 bits per heavy atom. The van der Waals surface area contributed by atoms with Gasteiger partial charge < -0.3 is 15.8 Å². The Hall–Kier alpha value is -2.23. The van der Waals surface area contributed by atoms with Gasteiger partial charge >= 0.3 is 0 Å². The van der Waals surface area contributed by atoms with Gasteiger partial charge in [-0.2, -0.15) is 0 Å². The summed E-state index contributed by atoms with van der Waals surface area (Å²) in [6.45, 7) is 3.98. The molecule has 4 heteroatoms. The third kappa shape index (κ3) is 2.91. The number of para-hydroxylation sites is 2. The van der Waals surface area contributed by atoms with E-state index in [-0.39, 0.29) is 6.10 Å². The van der Waals surface area contributed by atoms with E-state index in [9.17, 15) is 0 Å². The number of hydrogen-bond acceptors (Lipinski definition) is 4. The number of pyridine rings is 1. The molecule has 0 aliphatic rings. The minimum absolute atomic E-state index is 0.119. The zero-order chi connectivity index (χ0) is 13.0. The molecule has 0 radical (unpaired) electrons. The van der Waals surface area contributed by atoms with Crippen LogP contribution in [0.2, 0.25) is 0 Å². The van der Waals surface area contributed by atoms with E-state index < -0.39 is 0 Å². The zero-order valence-corrected chi connectivity index (χ0v) is 10.6. The Labute approximate surface area is 107 Å². The molecule has 0 amide bonds. The van der Waals surface area contributed by atoms with Crippen LogP contribution in [0.15, 0.2) is 42.6 Å². The molecule has 1 aromatic carbocycles. The highest BCUT2D eigenvalue weighted by molar-refractivity contribution is 5.71. The van der Waals surface area contributed by atoms with E-state index in [1.54, 1.807) is 18.3 Å².